The molecule has 0 saturated carbocycles. The van der Waals surface area contributed by atoms with Crippen molar-refractivity contribution >= 4 is 65.4 Å². The van der Waals surface area contributed by atoms with Crippen LogP contribution < -0.4 is 0 Å². The summed E-state index contributed by atoms with van der Waals surface area (Å²) in [5.74, 6) is 0.612. The maximum Gasteiger partial charge on any atom is 0.235 e. The molecule has 0 atom stereocenters. The highest BCUT2D eigenvalue weighted by Crippen LogP contribution is 2.46. The number of nitrogens with zero attached hydrogens (tertiary/aromatic N) is 3. The van der Waals surface area contributed by atoms with Crippen LogP contribution in [0.5, 0.6) is 0 Å². The maximum atomic E-state index is 6.76. The summed E-state index contributed by atoms with van der Waals surface area (Å²) in [7, 11) is 0. The fourth-order valence-corrected chi connectivity index (χ4v) is 7.19. The molecule has 0 fully saturated rings. The van der Waals surface area contributed by atoms with Gasteiger partial charge in [0.1, 0.15) is 11.1 Å². The van der Waals surface area contributed by atoms with Crippen LogP contribution in [0.25, 0.3) is 93.8 Å². The van der Waals surface area contributed by atoms with Crippen molar-refractivity contribution in [2.45, 2.75) is 0 Å². The molecule has 3 heterocycles. The zero-order valence-electron chi connectivity index (χ0n) is 24.7. The first-order valence-electron chi connectivity index (χ1n) is 15.5. The van der Waals surface area contributed by atoms with Gasteiger partial charge in [-0.3, -0.25) is 4.57 Å². The zero-order chi connectivity index (χ0) is 30.2. The van der Waals surface area contributed by atoms with Crippen molar-refractivity contribution in [3.63, 3.8) is 0 Å². The largest absolute Gasteiger partial charge is 0.454 e. The van der Waals surface area contributed by atoms with E-state index in [2.05, 4.69) is 126 Å². The lowest BCUT2D eigenvalue weighted by atomic mass is 9.93. The van der Waals surface area contributed by atoms with Crippen molar-refractivity contribution in [1.29, 1.82) is 0 Å². The summed E-state index contributed by atoms with van der Waals surface area (Å²) >= 11 is 0. The molecule has 0 spiro atoms. The Kier molecular flexibility index (Phi) is 5.25. The third-order valence-corrected chi connectivity index (χ3v) is 9.20. The van der Waals surface area contributed by atoms with Crippen LogP contribution in [-0.4, -0.2) is 14.5 Å². The van der Waals surface area contributed by atoms with Crippen LogP contribution in [-0.2, 0) is 0 Å². The molecular formula is C42H25N3O. The first-order valence-corrected chi connectivity index (χ1v) is 15.5. The lowest BCUT2D eigenvalue weighted by Crippen LogP contribution is -2.03. The summed E-state index contributed by atoms with van der Waals surface area (Å²) in [5, 5.41) is 7.84. The number of rotatable bonds is 3. The van der Waals surface area contributed by atoms with Gasteiger partial charge in [0.15, 0.2) is 5.58 Å². The minimum atomic E-state index is 0.612. The van der Waals surface area contributed by atoms with Crippen LogP contribution in [0.1, 0.15) is 0 Å². The van der Waals surface area contributed by atoms with Gasteiger partial charge in [0, 0.05) is 32.5 Å². The van der Waals surface area contributed by atoms with Crippen LogP contribution in [0.4, 0.5) is 0 Å². The summed E-state index contributed by atoms with van der Waals surface area (Å²) in [6, 6.07) is 53.0. The number of furan rings is 1. The molecule has 10 rings (SSSR count). The van der Waals surface area contributed by atoms with E-state index in [1.54, 1.807) is 0 Å². The van der Waals surface area contributed by atoms with Gasteiger partial charge in [-0.25, -0.2) is 9.97 Å². The van der Waals surface area contributed by atoms with E-state index in [0.717, 1.165) is 71.5 Å². The highest BCUT2D eigenvalue weighted by molar-refractivity contribution is 6.27. The van der Waals surface area contributed by atoms with E-state index >= 15 is 0 Å². The van der Waals surface area contributed by atoms with Gasteiger partial charge >= 0.3 is 0 Å². The van der Waals surface area contributed by atoms with Crippen molar-refractivity contribution < 1.29 is 4.42 Å². The molecule has 7 aromatic carbocycles. The molecule has 4 heteroatoms. The van der Waals surface area contributed by atoms with Gasteiger partial charge in [0.25, 0.3) is 0 Å². The number of para-hydroxylation sites is 3. The summed E-state index contributed by atoms with van der Waals surface area (Å²) in [6.45, 7) is 0. The monoisotopic (exact) mass is 587 g/mol. The first-order chi connectivity index (χ1) is 22.8. The van der Waals surface area contributed by atoms with Crippen molar-refractivity contribution in [2.24, 2.45) is 0 Å². The molecule has 0 unspecified atom stereocenters. The Morgan fingerprint density at radius 3 is 2.09 bits per heavy atom. The number of fused-ring (bicyclic) bond motifs is 9. The minimum absolute atomic E-state index is 0.612. The third-order valence-electron chi connectivity index (χ3n) is 9.20. The average molecular weight is 588 g/mol. The molecule has 4 nitrogen and oxygen atoms in total. The maximum absolute atomic E-state index is 6.76. The smallest absolute Gasteiger partial charge is 0.235 e. The van der Waals surface area contributed by atoms with Gasteiger partial charge < -0.3 is 4.42 Å². The Balaban J connectivity index is 1.43. The topological polar surface area (TPSA) is 43.9 Å². The molecule has 0 aliphatic heterocycles. The first kappa shape index (κ1) is 25.1. The van der Waals surface area contributed by atoms with E-state index in [9.17, 15) is 0 Å². The van der Waals surface area contributed by atoms with Crippen LogP contribution in [0.2, 0.25) is 0 Å². The second-order valence-electron chi connectivity index (χ2n) is 11.8. The van der Waals surface area contributed by atoms with Gasteiger partial charge in [-0.1, -0.05) is 127 Å². The van der Waals surface area contributed by atoms with Gasteiger partial charge in [-0.05, 0) is 46.2 Å². The molecule has 0 bridgehead atoms. The van der Waals surface area contributed by atoms with Crippen molar-refractivity contribution in [1.82, 2.24) is 14.5 Å². The van der Waals surface area contributed by atoms with Crippen LogP contribution >= 0.6 is 0 Å². The molecule has 0 aliphatic carbocycles. The number of hydrogen-bond acceptors (Lipinski definition) is 3. The summed E-state index contributed by atoms with van der Waals surface area (Å²) in [6.07, 6.45) is 0. The second kappa shape index (κ2) is 9.62. The molecule has 0 amide bonds. The average Bonchev–Trinajstić information content (AvgIpc) is 3.67. The Labute approximate surface area is 263 Å². The third kappa shape index (κ3) is 3.55. The molecule has 0 radical (unpaired) electrons. The molecule has 0 N–H and O–H groups in total. The Morgan fingerprint density at radius 2 is 1.20 bits per heavy atom. The molecule has 0 aliphatic rings. The summed E-state index contributed by atoms with van der Waals surface area (Å²) in [4.78, 5) is 10.6. The van der Waals surface area contributed by atoms with E-state index in [-0.39, 0.29) is 0 Å². The van der Waals surface area contributed by atoms with Gasteiger partial charge in [-0.15, -0.1) is 0 Å². The summed E-state index contributed by atoms with van der Waals surface area (Å²) in [5.41, 5.74) is 8.86. The minimum Gasteiger partial charge on any atom is -0.454 e. The standard InChI is InChI=1S/C42H25N3O/c1-2-14-27(15-3-1)39-31-19-6-9-22-35(31)43-42(44-39)45-36-23-10-7-20-32(36)38-33(29-21-12-16-26-13-4-5-17-28(26)29)25-34-30-18-8-11-24-37(30)46-41(34)40(38)45/h1-25H. The van der Waals surface area contributed by atoms with Crippen LogP contribution in [0.3, 0.4) is 0 Å². The highest BCUT2D eigenvalue weighted by atomic mass is 16.3. The number of hydrogen-bond donors (Lipinski definition) is 0. The molecule has 46 heavy (non-hydrogen) atoms. The van der Waals surface area contributed by atoms with Crippen molar-refractivity contribution in [2.75, 3.05) is 0 Å². The summed E-state index contributed by atoms with van der Waals surface area (Å²) < 4.78 is 8.97. The highest BCUT2D eigenvalue weighted by Gasteiger charge is 2.25. The predicted octanol–water partition coefficient (Wildman–Crippen LogP) is 11.1. The lowest BCUT2D eigenvalue weighted by Gasteiger charge is -2.13. The second-order valence-corrected chi connectivity index (χ2v) is 11.8. The van der Waals surface area contributed by atoms with E-state index in [1.165, 1.54) is 16.3 Å². The fraction of sp³-hybridized carbons (Fsp3) is 0. The fourth-order valence-electron chi connectivity index (χ4n) is 7.19. The van der Waals surface area contributed by atoms with Crippen molar-refractivity contribution in [3.05, 3.63) is 152 Å². The normalized spacial score (nSPS) is 11.9. The Morgan fingerprint density at radius 1 is 0.500 bits per heavy atom. The van der Waals surface area contributed by atoms with Crippen LogP contribution in [0, 0.1) is 0 Å². The van der Waals surface area contributed by atoms with Crippen LogP contribution in [0.15, 0.2) is 156 Å². The molecule has 3 aromatic heterocycles. The molecule has 0 saturated heterocycles. The molecule has 10 aromatic rings. The lowest BCUT2D eigenvalue weighted by molar-refractivity contribution is 0.671. The van der Waals surface area contributed by atoms with Gasteiger partial charge in [-0.2, -0.15) is 0 Å². The van der Waals surface area contributed by atoms with E-state index in [4.69, 9.17) is 14.4 Å². The molecule has 214 valence electrons. The SMILES string of the molecule is c1ccc(-c2nc(-n3c4ccccc4c4c(-c5cccc6ccccc56)cc5c6ccccc6oc5c43)nc3ccccc23)cc1. The molecular weight excluding hydrogens is 562 g/mol. The van der Waals surface area contributed by atoms with Gasteiger partial charge in [0.2, 0.25) is 5.95 Å². The van der Waals surface area contributed by atoms with E-state index in [0.29, 0.717) is 5.95 Å². The van der Waals surface area contributed by atoms with Gasteiger partial charge in [0.05, 0.1) is 16.7 Å². The van der Waals surface area contributed by atoms with Crippen molar-refractivity contribution in [3.8, 4) is 28.3 Å². The predicted molar refractivity (Wildman–Crippen MR) is 190 cm³/mol. The van der Waals surface area contributed by atoms with E-state index < -0.39 is 0 Å². The van der Waals surface area contributed by atoms with E-state index in [1.807, 2.05) is 30.3 Å². The quantitative estimate of drug-likeness (QED) is 0.207. The Bertz CT molecular complexity index is 2800. The Hall–Kier alpha value is -6.26. The number of benzene rings is 7. The number of aromatic nitrogens is 3. The zero-order valence-corrected chi connectivity index (χ0v) is 24.7.